The molecule has 0 aliphatic heterocycles. The molecule has 3 heteroatoms. The molecule has 1 aromatic heterocycles. The van der Waals surface area contributed by atoms with E-state index in [0.717, 1.165) is 0 Å². The minimum atomic E-state index is 0.593. The van der Waals surface area contributed by atoms with Gasteiger partial charge in [0.25, 0.3) is 0 Å². The lowest BCUT2D eigenvalue weighted by molar-refractivity contribution is 0.329. The first kappa shape index (κ1) is 13.4. The topological polar surface area (TPSA) is 43.8 Å². The minimum Gasteiger partial charge on any atom is -0.326 e. The van der Waals surface area contributed by atoms with E-state index in [4.69, 9.17) is 5.73 Å². The third-order valence-corrected chi connectivity index (χ3v) is 4.53. The van der Waals surface area contributed by atoms with Crippen LogP contribution in [0.1, 0.15) is 49.3 Å². The largest absolute Gasteiger partial charge is 0.326 e. The van der Waals surface area contributed by atoms with Crippen LogP contribution in [-0.2, 0) is 6.54 Å². The van der Waals surface area contributed by atoms with Crippen molar-refractivity contribution in [3.63, 3.8) is 0 Å². The Balaban J connectivity index is 1.90. The first-order chi connectivity index (χ1) is 9.79. The molecule has 3 nitrogen and oxygen atoms in total. The van der Waals surface area contributed by atoms with Crippen LogP contribution in [0.3, 0.4) is 0 Å². The van der Waals surface area contributed by atoms with E-state index in [-0.39, 0.29) is 0 Å². The smallest absolute Gasteiger partial charge is 0.0568 e. The molecule has 0 bridgehead atoms. The quantitative estimate of drug-likeness (QED) is 0.920. The molecule has 0 unspecified atom stereocenters. The Morgan fingerprint density at radius 2 is 2.05 bits per heavy atom. The normalized spacial score (nSPS) is 16.5. The van der Waals surface area contributed by atoms with Crippen molar-refractivity contribution in [2.45, 2.75) is 51.6 Å². The van der Waals surface area contributed by atoms with E-state index in [1.54, 1.807) is 0 Å². The van der Waals surface area contributed by atoms with Crippen LogP contribution < -0.4 is 5.73 Å². The molecule has 1 fully saturated rings. The van der Waals surface area contributed by atoms with E-state index in [1.807, 2.05) is 6.20 Å². The van der Waals surface area contributed by atoms with Crippen molar-refractivity contribution in [2.75, 3.05) is 0 Å². The Morgan fingerprint density at radius 3 is 2.80 bits per heavy atom. The van der Waals surface area contributed by atoms with E-state index < -0.39 is 0 Å². The molecule has 20 heavy (non-hydrogen) atoms. The van der Waals surface area contributed by atoms with Crippen molar-refractivity contribution < 1.29 is 0 Å². The molecule has 3 rings (SSSR count). The van der Waals surface area contributed by atoms with Crippen LogP contribution in [0.15, 0.2) is 30.6 Å². The molecule has 2 N–H and O–H groups in total. The zero-order valence-corrected chi connectivity index (χ0v) is 12.2. The molecule has 1 aromatic carbocycles. The van der Waals surface area contributed by atoms with Crippen molar-refractivity contribution in [3.8, 4) is 11.1 Å². The molecule has 0 saturated heterocycles. The van der Waals surface area contributed by atoms with E-state index in [0.29, 0.717) is 12.6 Å². The third kappa shape index (κ3) is 2.50. The van der Waals surface area contributed by atoms with Crippen LogP contribution in [0, 0.1) is 6.92 Å². The second-order valence-corrected chi connectivity index (χ2v) is 5.79. The maximum atomic E-state index is 5.80. The highest BCUT2D eigenvalue weighted by atomic mass is 15.3. The molecule has 0 radical (unpaired) electrons. The Morgan fingerprint density at radius 1 is 1.25 bits per heavy atom. The highest BCUT2D eigenvalue weighted by molar-refractivity contribution is 5.67. The van der Waals surface area contributed by atoms with Crippen LogP contribution in [0.5, 0.6) is 0 Å². The molecule has 2 aromatic rings. The van der Waals surface area contributed by atoms with Gasteiger partial charge in [0.2, 0.25) is 0 Å². The average molecular weight is 269 g/mol. The Labute approximate surface area is 120 Å². The number of hydrogen-bond donors (Lipinski definition) is 1. The maximum Gasteiger partial charge on any atom is 0.0568 e. The zero-order chi connectivity index (χ0) is 13.9. The monoisotopic (exact) mass is 269 g/mol. The van der Waals surface area contributed by atoms with E-state index in [2.05, 4.69) is 41.1 Å². The van der Waals surface area contributed by atoms with Crippen molar-refractivity contribution >= 4 is 0 Å². The fraction of sp³-hybridized carbons (Fsp3) is 0.471. The molecular formula is C17H23N3. The number of rotatable bonds is 3. The van der Waals surface area contributed by atoms with Gasteiger partial charge in [0.15, 0.2) is 0 Å². The van der Waals surface area contributed by atoms with Gasteiger partial charge < -0.3 is 5.73 Å². The van der Waals surface area contributed by atoms with Crippen molar-refractivity contribution in [3.05, 3.63) is 41.7 Å². The van der Waals surface area contributed by atoms with Crippen molar-refractivity contribution in [1.29, 1.82) is 0 Å². The Kier molecular flexibility index (Phi) is 3.88. The number of nitrogens with zero attached hydrogens (tertiary/aromatic N) is 2. The lowest BCUT2D eigenvalue weighted by Crippen LogP contribution is -2.12. The summed E-state index contributed by atoms with van der Waals surface area (Å²) >= 11 is 0. The van der Waals surface area contributed by atoms with Gasteiger partial charge in [-0.25, -0.2) is 0 Å². The predicted molar refractivity (Wildman–Crippen MR) is 82.4 cm³/mol. The standard InChI is InChI=1S/C17H23N3/c1-13-14(10-18)6-5-9-17(13)15-11-19-20(12-15)16-7-3-2-4-8-16/h5-6,9,11-12,16H,2-4,7-8,10,18H2,1H3. The molecular weight excluding hydrogens is 246 g/mol. The minimum absolute atomic E-state index is 0.593. The molecule has 1 aliphatic carbocycles. The van der Waals surface area contributed by atoms with Crippen LogP contribution in [0.25, 0.3) is 11.1 Å². The van der Waals surface area contributed by atoms with Gasteiger partial charge >= 0.3 is 0 Å². The first-order valence-corrected chi connectivity index (χ1v) is 7.62. The lowest BCUT2D eigenvalue weighted by Gasteiger charge is -2.21. The summed E-state index contributed by atoms with van der Waals surface area (Å²) < 4.78 is 2.17. The summed E-state index contributed by atoms with van der Waals surface area (Å²) in [4.78, 5) is 0. The number of nitrogens with two attached hydrogens (primary N) is 1. The first-order valence-electron chi connectivity index (χ1n) is 7.62. The number of aromatic nitrogens is 2. The molecule has 1 saturated carbocycles. The number of hydrogen-bond acceptors (Lipinski definition) is 2. The van der Waals surface area contributed by atoms with Gasteiger partial charge in [0, 0.05) is 18.3 Å². The summed E-state index contributed by atoms with van der Waals surface area (Å²) in [6.07, 6.45) is 10.8. The van der Waals surface area contributed by atoms with E-state index >= 15 is 0 Å². The fourth-order valence-corrected chi connectivity index (χ4v) is 3.24. The molecule has 0 amide bonds. The summed E-state index contributed by atoms with van der Waals surface area (Å²) in [5, 5.41) is 4.60. The molecule has 106 valence electrons. The second kappa shape index (κ2) is 5.80. The highest BCUT2D eigenvalue weighted by Crippen LogP contribution is 2.30. The van der Waals surface area contributed by atoms with Gasteiger partial charge in [-0.15, -0.1) is 0 Å². The van der Waals surface area contributed by atoms with Crippen molar-refractivity contribution in [1.82, 2.24) is 9.78 Å². The van der Waals surface area contributed by atoms with Gasteiger partial charge in [0.05, 0.1) is 12.2 Å². The van der Waals surface area contributed by atoms with Gasteiger partial charge in [-0.1, -0.05) is 37.5 Å². The number of benzene rings is 1. The van der Waals surface area contributed by atoms with Gasteiger partial charge in [0.1, 0.15) is 0 Å². The van der Waals surface area contributed by atoms with Crippen molar-refractivity contribution in [2.24, 2.45) is 5.73 Å². The summed E-state index contributed by atoms with van der Waals surface area (Å²) in [6, 6.07) is 6.94. The summed E-state index contributed by atoms with van der Waals surface area (Å²) in [7, 11) is 0. The maximum absolute atomic E-state index is 5.80. The SMILES string of the molecule is Cc1c(CN)cccc1-c1cnn(C2CCCCC2)c1. The summed E-state index contributed by atoms with van der Waals surface area (Å²) in [6.45, 7) is 2.74. The predicted octanol–water partition coefficient (Wildman–Crippen LogP) is 3.82. The van der Waals surface area contributed by atoms with E-state index in [9.17, 15) is 0 Å². The van der Waals surface area contributed by atoms with E-state index in [1.165, 1.54) is 54.4 Å². The molecule has 0 spiro atoms. The lowest BCUT2D eigenvalue weighted by atomic mass is 9.95. The van der Waals surface area contributed by atoms with Gasteiger partial charge in [-0.2, -0.15) is 5.10 Å². The van der Waals surface area contributed by atoms with Gasteiger partial charge in [-0.05, 0) is 36.5 Å². The Hall–Kier alpha value is -1.61. The van der Waals surface area contributed by atoms with Crippen LogP contribution in [0.4, 0.5) is 0 Å². The van der Waals surface area contributed by atoms with Crippen LogP contribution in [-0.4, -0.2) is 9.78 Å². The molecule has 0 atom stereocenters. The average Bonchev–Trinajstić information content (AvgIpc) is 2.98. The third-order valence-electron chi connectivity index (χ3n) is 4.53. The summed E-state index contributed by atoms with van der Waals surface area (Å²) in [5.41, 5.74) is 10.8. The molecule has 1 heterocycles. The fourth-order valence-electron chi connectivity index (χ4n) is 3.24. The van der Waals surface area contributed by atoms with Crippen LogP contribution >= 0.6 is 0 Å². The Bertz CT molecular complexity index is 580. The zero-order valence-electron chi connectivity index (χ0n) is 12.2. The second-order valence-electron chi connectivity index (χ2n) is 5.79. The summed E-state index contributed by atoms with van der Waals surface area (Å²) in [5.74, 6) is 0. The highest BCUT2D eigenvalue weighted by Gasteiger charge is 2.16. The molecule has 1 aliphatic rings. The van der Waals surface area contributed by atoms with Crippen LogP contribution in [0.2, 0.25) is 0 Å². The van der Waals surface area contributed by atoms with Gasteiger partial charge in [-0.3, -0.25) is 4.68 Å².